The minimum absolute atomic E-state index is 0.00779. The van der Waals surface area contributed by atoms with Crippen LogP contribution in [0.15, 0.2) is 60.8 Å². The molecule has 0 spiro atoms. The molecule has 1 atom stereocenters. The quantitative estimate of drug-likeness (QED) is 0.291. The normalized spacial score (nSPS) is 11.8. The van der Waals surface area contributed by atoms with E-state index in [0.717, 1.165) is 5.56 Å². The average molecular weight is 507 g/mol. The van der Waals surface area contributed by atoms with Gasteiger partial charge in [-0.05, 0) is 60.4 Å². The molecule has 4 aromatic rings. The second-order valence-electron chi connectivity index (χ2n) is 8.57. The molecule has 0 aliphatic heterocycles. The molecule has 10 heteroatoms. The standard InChI is InChI=1S/C27H24F2N4O4/c1-15(14-34)32-27(37)24-25(35)22-21(11-18(13-30-22)10-16-2-6-19(28)7-3-16)23(33-24)26(36)31-12-17-4-8-20(29)9-5-17/h2-9,11,13,15,34-35H,10,12,14H2,1H3,(H,31,36)(H,32,37). The Hall–Kier alpha value is -4.44. The van der Waals surface area contributed by atoms with Gasteiger partial charge in [-0.15, -0.1) is 0 Å². The number of amides is 2. The number of aromatic nitrogens is 2. The summed E-state index contributed by atoms with van der Waals surface area (Å²) < 4.78 is 26.5. The largest absolute Gasteiger partial charge is 0.504 e. The number of pyridine rings is 2. The summed E-state index contributed by atoms with van der Waals surface area (Å²) in [6.07, 6.45) is 1.86. The Morgan fingerprint density at radius 1 is 0.919 bits per heavy atom. The Labute approximate surface area is 211 Å². The van der Waals surface area contributed by atoms with Gasteiger partial charge in [0.15, 0.2) is 11.4 Å². The topological polar surface area (TPSA) is 124 Å². The Bertz CT molecular complexity index is 1440. The first-order valence-electron chi connectivity index (χ1n) is 11.5. The second-order valence-corrected chi connectivity index (χ2v) is 8.57. The van der Waals surface area contributed by atoms with Gasteiger partial charge >= 0.3 is 0 Å². The highest BCUT2D eigenvalue weighted by Crippen LogP contribution is 2.29. The Morgan fingerprint density at radius 2 is 1.54 bits per heavy atom. The van der Waals surface area contributed by atoms with Gasteiger partial charge in [0.2, 0.25) is 0 Å². The van der Waals surface area contributed by atoms with Crippen LogP contribution < -0.4 is 10.6 Å². The fourth-order valence-corrected chi connectivity index (χ4v) is 3.69. The number of benzene rings is 2. The Kier molecular flexibility index (Phi) is 7.69. The van der Waals surface area contributed by atoms with Crippen molar-refractivity contribution in [3.63, 3.8) is 0 Å². The van der Waals surface area contributed by atoms with Gasteiger partial charge in [0, 0.05) is 24.2 Å². The Balaban J connectivity index is 1.73. The van der Waals surface area contributed by atoms with Crippen molar-refractivity contribution in [2.45, 2.75) is 25.9 Å². The number of nitrogens with one attached hydrogen (secondary N) is 2. The summed E-state index contributed by atoms with van der Waals surface area (Å²) in [5, 5.41) is 25.5. The van der Waals surface area contributed by atoms with Crippen molar-refractivity contribution in [1.82, 2.24) is 20.6 Å². The van der Waals surface area contributed by atoms with Crippen LogP contribution >= 0.6 is 0 Å². The van der Waals surface area contributed by atoms with Crippen LogP contribution in [0.2, 0.25) is 0 Å². The van der Waals surface area contributed by atoms with Crippen molar-refractivity contribution in [2.75, 3.05) is 6.61 Å². The average Bonchev–Trinajstić information content (AvgIpc) is 2.89. The molecule has 2 amide bonds. The van der Waals surface area contributed by atoms with E-state index < -0.39 is 35.1 Å². The van der Waals surface area contributed by atoms with Crippen LogP contribution in [-0.2, 0) is 13.0 Å². The molecule has 4 N–H and O–H groups in total. The number of aliphatic hydroxyl groups is 1. The van der Waals surface area contributed by atoms with Crippen molar-refractivity contribution < 1.29 is 28.6 Å². The van der Waals surface area contributed by atoms with Gasteiger partial charge in [0.1, 0.15) is 22.8 Å². The van der Waals surface area contributed by atoms with E-state index in [1.807, 2.05) is 0 Å². The number of hydrogen-bond donors (Lipinski definition) is 4. The molecular formula is C27H24F2N4O4. The van der Waals surface area contributed by atoms with Crippen molar-refractivity contribution >= 4 is 22.7 Å². The van der Waals surface area contributed by atoms with E-state index in [2.05, 4.69) is 20.6 Å². The summed E-state index contributed by atoms with van der Waals surface area (Å²) in [7, 11) is 0. The van der Waals surface area contributed by atoms with Crippen LogP contribution in [0.5, 0.6) is 5.75 Å². The third-order valence-corrected chi connectivity index (χ3v) is 5.64. The predicted octanol–water partition coefficient (Wildman–Crippen LogP) is 3.25. The number of nitrogens with zero attached hydrogens (tertiary/aromatic N) is 2. The van der Waals surface area contributed by atoms with Gasteiger partial charge in [0.05, 0.1) is 6.61 Å². The van der Waals surface area contributed by atoms with E-state index in [4.69, 9.17) is 0 Å². The lowest BCUT2D eigenvalue weighted by Crippen LogP contribution is -2.36. The summed E-state index contributed by atoms with van der Waals surface area (Å²) in [6, 6.07) is 12.5. The molecule has 0 radical (unpaired) electrons. The number of fused-ring (bicyclic) bond motifs is 1. The van der Waals surface area contributed by atoms with E-state index in [1.165, 1.54) is 42.6 Å². The lowest BCUT2D eigenvalue weighted by atomic mass is 10.0. The molecule has 190 valence electrons. The number of rotatable bonds is 8. The zero-order chi connectivity index (χ0) is 26.5. The molecule has 0 saturated carbocycles. The molecule has 0 bridgehead atoms. The van der Waals surface area contributed by atoms with Crippen LogP contribution in [-0.4, -0.2) is 44.6 Å². The summed E-state index contributed by atoms with van der Waals surface area (Å²) >= 11 is 0. The molecule has 8 nitrogen and oxygen atoms in total. The van der Waals surface area contributed by atoms with E-state index in [9.17, 15) is 28.6 Å². The van der Waals surface area contributed by atoms with Gasteiger partial charge in [-0.1, -0.05) is 24.3 Å². The van der Waals surface area contributed by atoms with Crippen molar-refractivity contribution in [2.24, 2.45) is 0 Å². The monoisotopic (exact) mass is 506 g/mol. The molecule has 1 unspecified atom stereocenters. The number of carbonyl (C=O) groups is 2. The summed E-state index contributed by atoms with van der Waals surface area (Å²) in [5.41, 5.74) is 1.54. The number of aliphatic hydroxyl groups excluding tert-OH is 1. The molecule has 2 heterocycles. The third kappa shape index (κ3) is 6.04. The zero-order valence-corrected chi connectivity index (χ0v) is 19.8. The fraction of sp³-hybridized carbons (Fsp3) is 0.185. The highest BCUT2D eigenvalue weighted by atomic mass is 19.1. The van der Waals surface area contributed by atoms with Crippen LogP contribution in [0.25, 0.3) is 10.9 Å². The van der Waals surface area contributed by atoms with E-state index in [-0.39, 0.29) is 35.6 Å². The smallest absolute Gasteiger partial charge is 0.274 e. The highest BCUT2D eigenvalue weighted by Gasteiger charge is 2.24. The first-order valence-corrected chi connectivity index (χ1v) is 11.5. The van der Waals surface area contributed by atoms with Crippen molar-refractivity contribution in [3.8, 4) is 5.75 Å². The van der Waals surface area contributed by atoms with Gasteiger partial charge in [-0.2, -0.15) is 0 Å². The SMILES string of the molecule is CC(CO)NC(=O)c1nc(C(=O)NCc2ccc(F)cc2)c2cc(Cc3ccc(F)cc3)cnc2c1O. The molecule has 0 fully saturated rings. The summed E-state index contributed by atoms with van der Waals surface area (Å²) in [6.45, 7) is 1.29. The Morgan fingerprint density at radius 3 is 2.16 bits per heavy atom. The van der Waals surface area contributed by atoms with E-state index >= 15 is 0 Å². The van der Waals surface area contributed by atoms with Crippen molar-refractivity contribution in [3.05, 3.63) is 101 Å². The lowest BCUT2D eigenvalue weighted by molar-refractivity contribution is 0.0914. The molecular weight excluding hydrogens is 482 g/mol. The first kappa shape index (κ1) is 25.6. The number of hydrogen-bond acceptors (Lipinski definition) is 6. The molecule has 0 aliphatic carbocycles. The van der Waals surface area contributed by atoms with E-state index in [0.29, 0.717) is 17.5 Å². The lowest BCUT2D eigenvalue weighted by Gasteiger charge is -2.15. The van der Waals surface area contributed by atoms with Crippen LogP contribution in [0.1, 0.15) is 44.6 Å². The number of aromatic hydroxyl groups is 1. The highest BCUT2D eigenvalue weighted by molar-refractivity contribution is 6.09. The zero-order valence-electron chi connectivity index (χ0n) is 19.8. The maximum Gasteiger partial charge on any atom is 0.274 e. The van der Waals surface area contributed by atoms with Crippen molar-refractivity contribution in [1.29, 1.82) is 0 Å². The van der Waals surface area contributed by atoms with E-state index in [1.54, 1.807) is 25.1 Å². The van der Waals surface area contributed by atoms with Gasteiger partial charge in [-0.3, -0.25) is 14.6 Å². The van der Waals surface area contributed by atoms with Crippen LogP contribution in [0.4, 0.5) is 8.78 Å². The molecule has 4 rings (SSSR count). The summed E-state index contributed by atoms with van der Waals surface area (Å²) in [4.78, 5) is 34.4. The molecule has 0 aliphatic rings. The molecule has 0 saturated heterocycles. The number of carbonyl (C=O) groups excluding carboxylic acids is 2. The van der Waals surface area contributed by atoms with Gasteiger partial charge in [0.25, 0.3) is 11.8 Å². The van der Waals surface area contributed by atoms with Crippen LogP contribution in [0.3, 0.4) is 0 Å². The first-order chi connectivity index (χ1) is 17.7. The number of halogens is 2. The molecule has 2 aromatic heterocycles. The van der Waals surface area contributed by atoms with Gasteiger partial charge < -0.3 is 20.8 Å². The molecule has 37 heavy (non-hydrogen) atoms. The third-order valence-electron chi connectivity index (χ3n) is 5.64. The minimum Gasteiger partial charge on any atom is -0.504 e. The minimum atomic E-state index is -0.786. The maximum atomic E-state index is 13.3. The van der Waals surface area contributed by atoms with Crippen LogP contribution in [0, 0.1) is 11.6 Å². The fourth-order valence-electron chi connectivity index (χ4n) is 3.69. The maximum absolute atomic E-state index is 13.3. The second kappa shape index (κ2) is 11.1. The van der Waals surface area contributed by atoms with Gasteiger partial charge in [-0.25, -0.2) is 13.8 Å². The summed E-state index contributed by atoms with van der Waals surface area (Å²) in [5.74, 6) is -2.71. The predicted molar refractivity (Wildman–Crippen MR) is 132 cm³/mol. The molecule has 2 aromatic carbocycles.